The first kappa shape index (κ1) is 14.4. The van der Waals surface area contributed by atoms with Gasteiger partial charge in [0, 0.05) is 25.3 Å². The van der Waals surface area contributed by atoms with Gasteiger partial charge in [-0.05, 0) is 30.9 Å². The highest BCUT2D eigenvalue weighted by Gasteiger charge is 2.32. The number of aliphatic hydroxyl groups is 1. The third-order valence-corrected chi connectivity index (χ3v) is 4.15. The zero-order valence-electron chi connectivity index (χ0n) is 11.9. The molecule has 4 heteroatoms. The lowest BCUT2D eigenvalue weighted by Crippen LogP contribution is -2.48. The van der Waals surface area contributed by atoms with Crippen LogP contribution in [0.3, 0.4) is 0 Å². The summed E-state index contributed by atoms with van der Waals surface area (Å²) in [6, 6.07) is 6.23. The molecule has 1 aliphatic heterocycles. The van der Waals surface area contributed by atoms with Crippen LogP contribution in [-0.2, 0) is 0 Å². The van der Waals surface area contributed by atoms with Gasteiger partial charge in [-0.15, -0.1) is 0 Å². The monoisotopic (exact) mass is 263 g/mol. The summed E-state index contributed by atoms with van der Waals surface area (Å²) in [6.45, 7) is 5.99. The average Bonchev–Trinajstić information content (AvgIpc) is 2.44. The third kappa shape index (κ3) is 3.32. The molecule has 1 aromatic rings. The summed E-state index contributed by atoms with van der Waals surface area (Å²) in [4.78, 5) is 6.87. The highest BCUT2D eigenvalue weighted by molar-refractivity contribution is 5.12. The van der Waals surface area contributed by atoms with Crippen molar-refractivity contribution in [2.45, 2.75) is 44.9 Å². The molecule has 1 fully saturated rings. The molecule has 0 aromatic carbocycles. The van der Waals surface area contributed by atoms with Crippen LogP contribution in [0.1, 0.15) is 38.4 Å². The molecule has 2 heterocycles. The van der Waals surface area contributed by atoms with E-state index in [2.05, 4.69) is 29.8 Å². The second-order valence-corrected chi connectivity index (χ2v) is 5.60. The fraction of sp³-hybridized carbons (Fsp3) is 0.667. The van der Waals surface area contributed by atoms with Crippen LogP contribution in [-0.4, -0.2) is 40.2 Å². The van der Waals surface area contributed by atoms with Gasteiger partial charge in [0.05, 0.1) is 17.8 Å². The van der Waals surface area contributed by atoms with Crippen LogP contribution in [0.15, 0.2) is 24.4 Å². The molecule has 0 radical (unpaired) electrons. The molecule has 1 aromatic heterocycles. The fourth-order valence-corrected chi connectivity index (χ4v) is 2.87. The first-order valence-electron chi connectivity index (χ1n) is 7.22. The summed E-state index contributed by atoms with van der Waals surface area (Å²) >= 11 is 0. The average molecular weight is 263 g/mol. The lowest BCUT2D eigenvalue weighted by Gasteiger charge is -2.41. The smallest absolute Gasteiger partial charge is 0.0673 e. The number of piperidine rings is 1. The molecule has 19 heavy (non-hydrogen) atoms. The van der Waals surface area contributed by atoms with E-state index in [1.807, 2.05) is 18.3 Å². The van der Waals surface area contributed by atoms with Crippen LogP contribution in [0.5, 0.6) is 0 Å². The first-order valence-corrected chi connectivity index (χ1v) is 7.22. The van der Waals surface area contributed by atoms with Gasteiger partial charge in [0.1, 0.15) is 0 Å². The number of aliphatic hydroxyl groups excluding tert-OH is 1. The van der Waals surface area contributed by atoms with Crippen LogP contribution in [0.4, 0.5) is 0 Å². The summed E-state index contributed by atoms with van der Waals surface area (Å²) in [7, 11) is 0. The number of likely N-dealkylation sites (tertiary alicyclic amines) is 1. The SMILES string of the molecule is CCC(N)C(c1ccccn1)N1CCC(O)C(C)C1. The maximum Gasteiger partial charge on any atom is 0.0673 e. The van der Waals surface area contributed by atoms with Crippen molar-refractivity contribution in [3.63, 3.8) is 0 Å². The molecule has 4 atom stereocenters. The van der Waals surface area contributed by atoms with Gasteiger partial charge in [-0.1, -0.05) is 19.9 Å². The van der Waals surface area contributed by atoms with Crippen molar-refractivity contribution in [3.05, 3.63) is 30.1 Å². The molecule has 2 rings (SSSR count). The van der Waals surface area contributed by atoms with E-state index in [0.29, 0.717) is 5.92 Å². The van der Waals surface area contributed by atoms with Gasteiger partial charge in [0.15, 0.2) is 0 Å². The van der Waals surface area contributed by atoms with Gasteiger partial charge in [-0.3, -0.25) is 9.88 Å². The normalized spacial score (nSPS) is 28.0. The predicted molar refractivity (Wildman–Crippen MR) is 76.6 cm³/mol. The maximum atomic E-state index is 9.87. The molecule has 4 nitrogen and oxygen atoms in total. The molecule has 0 aliphatic carbocycles. The van der Waals surface area contributed by atoms with E-state index in [1.54, 1.807) is 0 Å². The molecular weight excluding hydrogens is 238 g/mol. The summed E-state index contributed by atoms with van der Waals surface area (Å²) in [6.07, 6.45) is 3.39. The van der Waals surface area contributed by atoms with E-state index in [1.165, 1.54) is 0 Å². The molecule has 0 bridgehead atoms. The van der Waals surface area contributed by atoms with E-state index >= 15 is 0 Å². The van der Waals surface area contributed by atoms with Crippen LogP contribution in [0.2, 0.25) is 0 Å². The van der Waals surface area contributed by atoms with Gasteiger partial charge >= 0.3 is 0 Å². The minimum Gasteiger partial charge on any atom is -0.393 e. The van der Waals surface area contributed by atoms with E-state index in [-0.39, 0.29) is 18.2 Å². The Morgan fingerprint density at radius 3 is 2.89 bits per heavy atom. The molecule has 4 unspecified atom stereocenters. The Balaban J connectivity index is 2.19. The summed E-state index contributed by atoms with van der Waals surface area (Å²) in [5.74, 6) is 0.295. The standard InChI is InChI=1S/C15H25N3O/c1-3-12(16)15(13-6-4-5-8-17-13)18-9-7-14(19)11(2)10-18/h4-6,8,11-12,14-15,19H,3,7,9-10,16H2,1-2H3. The fourth-order valence-electron chi connectivity index (χ4n) is 2.87. The number of pyridine rings is 1. The maximum absolute atomic E-state index is 9.87. The van der Waals surface area contributed by atoms with Crippen LogP contribution in [0, 0.1) is 5.92 Å². The minimum absolute atomic E-state index is 0.0809. The van der Waals surface area contributed by atoms with Gasteiger partial charge in [-0.2, -0.15) is 0 Å². The number of hydrogen-bond acceptors (Lipinski definition) is 4. The zero-order chi connectivity index (χ0) is 13.8. The van der Waals surface area contributed by atoms with Crippen molar-refractivity contribution in [1.29, 1.82) is 0 Å². The molecule has 106 valence electrons. The largest absolute Gasteiger partial charge is 0.393 e. The number of rotatable bonds is 4. The van der Waals surface area contributed by atoms with Gasteiger partial charge < -0.3 is 10.8 Å². The molecule has 0 spiro atoms. The lowest BCUT2D eigenvalue weighted by molar-refractivity contribution is 0.0103. The Bertz CT molecular complexity index is 384. The van der Waals surface area contributed by atoms with Crippen LogP contribution < -0.4 is 5.73 Å². The molecule has 1 saturated heterocycles. The number of aromatic nitrogens is 1. The summed E-state index contributed by atoms with van der Waals surface area (Å²) in [5.41, 5.74) is 7.36. The molecule has 0 saturated carbocycles. The number of nitrogens with zero attached hydrogens (tertiary/aromatic N) is 2. The molecule has 1 aliphatic rings. The van der Waals surface area contributed by atoms with Crippen molar-refractivity contribution in [2.24, 2.45) is 11.7 Å². The predicted octanol–water partition coefficient (Wildman–Crippen LogP) is 1.56. The quantitative estimate of drug-likeness (QED) is 0.865. The van der Waals surface area contributed by atoms with Gasteiger partial charge in [0.25, 0.3) is 0 Å². The Hall–Kier alpha value is -0.970. The van der Waals surface area contributed by atoms with Crippen molar-refractivity contribution in [3.8, 4) is 0 Å². The van der Waals surface area contributed by atoms with Crippen molar-refractivity contribution < 1.29 is 5.11 Å². The van der Waals surface area contributed by atoms with Crippen LogP contribution >= 0.6 is 0 Å². The van der Waals surface area contributed by atoms with Crippen molar-refractivity contribution in [1.82, 2.24) is 9.88 Å². The molecule has 3 N–H and O–H groups in total. The molecular formula is C15H25N3O. The topological polar surface area (TPSA) is 62.4 Å². The van der Waals surface area contributed by atoms with Crippen LogP contribution in [0.25, 0.3) is 0 Å². The second kappa shape index (κ2) is 6.46. The molecule has 0 amide bonds. The van der Waals surface area contributed by atoms with E-state index in [0.717, 1.165) is 31.6 Å². The zero-order valence-corrected chi connectivity index (χ0v) is 11.9. The Labute approximate surface area is 115 Å². The van der Waals surface area contributed by atoms with E-state index in [4.69, 9.17) is 5.73 Å². The first-order chi connectivity index (χ1) is 9.13. The summed E-state index contributed by atoms with van der Waals surface area (Å²) < 4.78 is 0. The van der Waals surface area contributed by atoms with Crippen molar-refractivity contribution >= 4 is 0 Å². The number of nitrogens with two attached hydrogens (primary N) is 1. The minimum atomic E-state index is -0.182. The van der Waals surface area contributed by atoms with E-state index < -0.39 is 0 Å². The van der Waals surface area contributed by atoms with Gasteiger partial charge in [0.2, 0.25) is 0 Å². The highest BCUT2D eigenvalue weighted by atomic mass is 16.3. The van der Waals surface area contributed by atoms with E-state index in [9.17, 15) is 5.11 Å². The Morgan fingerprint density at radius 1 is 1.53 bits per heavy atom. The second-order valence-electron chi connectivity index (χ2n) is 5.60. The number of hydrogen-bond donors (Lipinski definition) is 2. The summed E-state index contributed by atoms with van der Waals surface area (Å²) in [5, 5.41) is 9.87. The van der Waals surface area contributed by atoms with Gasteiger partial charge in [-0.25, -0.2) is 0 Å². The van der Waals surface area contributed by atoms with Crippen molar-refractivity contribution in [2.75, 3.05) is 13.1 Å². The Morgan fingerprint density at radius 2 is 2.32 bits per heavy atom. The Kier molecular flexibility index (Phi) is 4.91. The highest BCUT2D eigenvalue weighted by Crippen LogP contribution is 2.28. The lowest BCUT2D eigenvalue weighted by atomic mass is 9.92. The third-order valence-electron chi connectivity index (χ3n) is 4.15.